The number of nitrogens with two attached hydrogens (primary N) is 2. The van der Waals surface area contributed by atoms with Crippen LogP contribution >= 0.6 is 0 Å². The first-order chi connectivity index (χ1) is 7.16. The summed E-state index contributed by atoms with van der Waals surface area (Å²) in [6, 6.07) is 4.05. The highest BCUT2D eigenvalue weighted by Crippen LogP contribution is 2.13. The molecular formula is C10H14N5+. The molecule has 0 aliphatic rings. The van der Waals surface area contributed by atoms with Crippen molar-refractivity contribution in [3.8, 4) is 0 Å². The summed E-state index contributed by atoms with van der Waals surface area (Å²) in [6.45, 7) is 0.643. The Hall–Kier alpha value is -2.04. The number of rotatable bonds is 2. The molecule has 5 nitrogen and oxygen atoms in total. The van der Waals surface area contributed by atoms with Crippen LogP contribution in [0.25, 0.3) is 0 Å². The Balaban J connectivity index is 2.22. The average Bonchev–Trinajstić information content (AvgIpc) is 2.53. The second kappa shape index (κ2) is 3.61. The molecule has 0 aromatic carbocycles. The second-order valence-electron chi connectivity index (χ2n) is 3.51. The van der Waals surface area contributed by atoms with Crippen LogP contribution in [0.3, 0.4) is 0 Å². The molecule has 15 heavy (non-hydrogen) atoms. The Labute approximate surface area is 87.9 Å². The maximum Gasteiger partial charge on any atom is 0.168 e. The van der Waals surface area contributed by atoms with Crippen molar-refractivity contribution in [2.24, 2.45) is 7.05 Å². The molecule has 2 aromatic heterocycles. The monoisotopic (exact) mass is 204 g/mol. The van der Waals surface area contributed by atoms with Gasteiger partial charge in [-0.15, -0.1) is 0 Å². The molecule has 5 heteroatoms. The minimum atomic E-state index is 0.517. The van der Waals surface area contributed by atoms with Gasteiger partial charge in [0.15, 0.2) is 12.4 Å². The second-order valence-corrected chi connectivity index (χ2v) is 3.51. The number of aromatic nitrogens is 3. The Morgan fingerprint density at radius 3 is 2.53 bits per heavy atom. The molecule has 0 bridgehead atoms. The molecule has 0 aliphatic heterocycles. The lowest BCUT2D eigenvalue weighted by Gasteiger charge is -2.03. The van der Waals surface area contributed by atoms with Crippen LogP contribution in [0.4, 0.5) is 11.5 Å². The van der Waals surface area contributed by atoms with Crippen molar-refractivity contribution in [2.45, 2.75) is 6.54 Å². The Morgan fingerprint density at radius 1 is 1.33 bits per heavy atom. The molecule has 0 radical (unpaired) electrons. The van der Waals surface area contributed by atoms with Gasteiger partial charge in [0.1, 0.15) is 12.9 Å². The molecule has 78 valence electrons. The van der Waals surface area contributed by atoms with E-state index in [-0.39, 0.29) is 0 Å². The van der Waals surface area contributed by atoms with Gasteiger partial charge in [0, 0.05) is 12.1 Å². The van der Waals surface area contributed by atoms with Crippen LogP contribution in [0.15, 0.2) is 30.7 Å². The van der Waals surface area contributed by atoms with E-state index in [0.717, 1.165) is 5.56 Å². The average molecular weight is 204 g/mol. The van der Waals surface area contributed by atoms with Gasteiger partial charge in [-0.3, -0.25) is 0 Å². The smallest absolute Gasteiger partial charge is 0.168 e. The lowest BCUT2D eigenvalue weighted by molar-refractivity contribution is -0.671. The van der Waals surface area contributed by atoms with E-state index in [9.17, 15) is 0 Å². The van der Waals surface area contributed by atoms with Gasteiger partial charge >= 0.3 is 0 Å². The van der Waals surface area contributed by atoms with Crippen LogP contribution in [-0.2, 0) is 13.6 Å². The minimum absolute atomic E-state index is 0.517. The van der Waals surface area contributed by atoms with Crippen molar-refractivity contribution in [1.29, 1.82) is 0 Å². The van der Waals surface area contributed by atoms with Gasteiger partial charge in [-0.25, -0.2) is 9.25 Å². The zero-order valence-electron chi connectivity index (χ0n) is 8.59. The molecule has 2 rings (SSSR count). The summed E-state index contributed by atoms with van der Waals surface area (Å²) in [6.07, 6.45) is 5.54. The van der Waals surface area contributed by atoms with E-state index in [1.807, 2.05) is 36.1 Å². The molecule has 2 heterocycles. The molecule has 0 unspecified atom stereocenters. The predicted octanol–water partition coefficient (Wildman–Crippen LogP) is -0.0797. The molecule has 2 aromatic rings. The van der Waals surface area contributed by atoms with Gasteiger partial charge in [0.05, 0.1) is 18.4 Å². The van der Waals surface area contributed by atoms with E-state index in [1.165, 1.54) is 0 Å². The van der Waals surface area contributed by atoms with Crippen LogP contribution in [0.2, 0.25) is 0 Å². The third-order valence-electron chi connectivity index (χ3n) is 2.29. The standard InChI is InChI=1S/C10H14N5/c1-14-4-2-8(3-5-14)7-15-10(12)9(11)6-13-15/h2-6H,7,11-12H2,1H3/q+1. The number of hydrogen-bond donors (Lipinski definition) is 2. The van der Waals surface area contributed by atoms with Crippen molar-refractivity contribution in [1.82, 2.24) is 9.78 Å². The van der Waals surface area contributed by atoms with E-state index in [4.69, 9.17) is 11.5 Å². The van der Waals surface area contributed by atoms with Crippen molar-refractivity contribution in [3.63, 3.8) is 0 Å². The number of aryl methyl sites for hydroxylation is 1. The van der Waals surface area contributed by atoms with Crippen molar-refractivity contribution in [3.05, 3.63) is 36.3 Å². The van der Waals surface area contributed by atoms with Crippen LogP contribution in [-0.4, -0.2) is 9.78 Å². The molecule has 0 saturated heterocycles. The van der Waals surface area contributed by atoms with Crippen molar-refractivity contribution >= 4 is 11.5 Å². The molecule has 4 N–H and O–H groups in total. The first-order valence-corrected chi connectivity index (χ1v) is 4.68. The minimum Gasteiger partial charge on any atom is -0.394 e. The third-order valence-corrected chi connectivity index (χ3v) is 2.29. The lowest BCUT2D eigenvalue weighted by Crippen LogP contribution is -2.26. The molecule has 0 spiro atoms. The van der Waals surface area contributed by atoms with Gasteiger partial charge in [-0.2, -0.15) is 5.10 Å². The van der Waals surface area contributed by atoms with E-state index in [2.05, 4.69) is 5.10 Å². The summed E-state index contributed by atoms with van der Waals surface area (Å²) in [4.78, 5) is 0. The van der Waals surface area contributed by atoms with E-state index in [1.54, 1.807) is 10.9 Å². The fourth-order valence-electron chi connectivity index (χ4n) is 1.35. The quantitative estimate of drug-likeness (QED) is 0.672. The van der Waals surface area contributed by atoms with E-state index < -0.39 is 0 Å². The summed E-state index contributed by atoms with van der Waals surface area (Å²) < 4.78 is 3.66. The molecule has 0 amide bonds. The van der Waals surface area contributed by atoms with Crippen molar-refractivity contribution in [2.75, 3.05) is 11.5 Å². The predicted molar refractivity (Wildman–Crippen MR) is 57.8 cm³/mol. The number of hydrogen-bond acceptors (Lipinski definition) is 3. The van der Waals surface area contributed by atoms with Crippen LogP contribution in [0, 0.1) is 0 Å². The fraction of sp³-hybridized carbons (Fsp3) is 0.200. The molecular weight excluding hydrogens is 190 g/mol. The molecule has 0 atom stereocenters. The highest BCUT2D eigenvalue weighted by Gasteiger charge is 2.04. The summed E-state index contributed by atoms with van der Waals surface area (Å²) >= 11 is 0. The van der Waals surface area contributed by atoms with Gasteiger partial charge in [0.2, 0.25) is 0 Å². The molecule has 0 saturated carbocycles. The van der Waals surface area contributed by atoms with Gasteiger partial charge in [0.25, 0.3) is 0 Å². The van der Waals surface area contributed by atoms with Crippen molar-refractivity contribution < 1.29 is 4.57 Å². The van der Waals surface area contributed by atoms with Crippen LogP contribution in [0.1, 0.15) is 5.56 Å². The van der Waals surface area contributed by atoms with Gasteiger partial charge in [-0.1, -0.05) is 0 Å². The summed E-state index contributed by atoms with van der Waals surface area (Å²) in [5.74, 6) is 0.517. The number of nitrogens with zero attached hydrogens (tertiary/aromatic N) is 3. The summed E-state index contributed by atoms with van der Waals surface area (Å²) in [7, 11) is 1.98. The highest BCUT2D eigenvalue weighted by atomic mass is 15.3. The molecule has 0 aliphatic carbocycles. The Morgan fingerprint density at radius 2 is 2.00 bits per heavy atom. The first kappa shape index (κ1) is 9.51. The number of nitrogen functional groups attached to an aromatic ring is 2. The van der Waals surface area contributed by atoms with Gasteiger partial charge in [-0.05, 0) is 5.56 Å². The van der Waals surface area contributed by atoms with Gasteiger partial charge < -0.3 is 11.5 Å². The highest BCUT2D eigenvalue weighted by molar-refractivity contribution is 5.57. The maximum atomic E-state index is 5.75. The zero-order valence-corrected chi connectivity index (χ0v) is 8.59. The van der Waals surface area contributed by atoms with Crippen LogP contribution < -0.4 is 16.0 Å². The third kappa shape index (κ3) is 1.90. The largest absolute Gasteiger partial charge is 0.394 e. The Kier molecular flexibility index (Phi) is 2.29. The van der Waals surface area contributed by atoms with E-state index in [0.29, 0.717) is 18.1 Å². The molecule has 0 fully saturated rings. The Bertz CT molecular complexity index is 457. The normalized spacial score (nSPS) is 10.5. The summed E-state index contributed by atoms with van der Waals surface area (Å²) in [5.41, 5.74) is 13.0. The summed E-state index contributed by atoms with van der Waals surface area (Å²) in [5, 5.41) is 4.09. The lowest BCUT2D eigenvalue weighted by atomic mass is 10.3. The van der Waals surface area contributed by atoms with E-state index >= 15 is 0 Å². The first-order valence-electron chi connectivity index (χ1n) is 4.68. The fourth-order valence-corrected chi connectivity index (χ4v) is 1.35. The zero-order chi connectivity index (χ0) is 10.8. The SMILES string of the molecule is C[n+]1ccc(Cn2ncc(N)c2N)cc1. The van der Waals surface area contributed by atoms with Crippen LogP contribution in [0.5, 0.6) is 0 Å². The number of anilines is 2. The maximum absolute atomic E-state index is 5.75. The number of pyridine rings is 1. The topological polar surface area (TPSA) is 73.7 Å².